The molecule has 0 radical (unpaired) electrons. The number of piperidine rings is 2. The highest BCUT2D eigenvalue weighted by atomic mass is 16.1. The highest BCUT2D eigenvalue weighted by Gasteiger charge is 2.34. The molecule has 2 fully saturated rings. The van der Waals surface area contributed by atoms with Gasteiger partial charge in [0.25, 0.3) is 0 Å². The van der Waals surface area contributed by atoms with E-state index in [4.69, 9.17) is 5.73 Å². The van der Waals surface area contributed by atoms with Crippen LogP contribution in [0.5, 0.6) is 0 Å². The second kappa shape index (κ2) is 5.15. The summed E-state index contributed by atoms with van der Waals surface area (Å²) in [6.45, 7) is 5.26. The van der Waals surface area contributed by atoms with E-state index >= 15 is 0 Å². The van der Waals surface area contributed by atoms with Crippen LogP contribution in [0.2, 0.25) is 0 Å². The maximum Gasteiger partial charge on any atom is 0.220 e. The van der Waals surface area contributed by atoms with Crippen molar-refractivity contribution in [1.29, 1.82) is 0 Å². The van der Waals surface area contributed by atoms with E-state index in [2.05, 4.69) is 17.1 Å². The fraction of sp³-hybridized carbons (Fsp3) is 0.917. The van der Waals surface area contributed by atoms with E-state index in [1.54, 1.807) is 0 Å². The van der Waals surface area contributed by atoms with Crippen LogP contribution < -0.4 is 11.1 Å². The number of nitrogens with one attached hydrogen (secondary N) is 1. The molecule has 2 aliphatic heterocycles. The summed E-state index contributed by atoms with van der Waals surface area (Å²) in [7, 11) is 0. The third-order valence-electron chi connectivity index (χ3n) is 4.06. The van der Waals surface area contributed by atoms with Crippen LogP contribution in [0.3, 0.4) is 0 Å². The zero-order valence-electron chi connectivity index (χ0n) is 10.1. The SMILES string of the molecule is CC(CCN)N1CCC2NC(=O)CCC2C1. The van der Waals surface area contributed by atoms with Crippen molar-refractivity contribution in [2.75, 3.05) is 19.6 Å². The molecule has 3 N–H and O–H groups in total. The fourth-order valence-electron chi connectivity index (χ4n) is 2.96. The molecule has 0 bridgehead atoms. The minimum absolute atomic E-state index is 0.240. The molecule has 0 aromatic heterocycles. The molecule has 0 aromatic carbocycles. The Balaban J connectivity index is 1.88. The van der Waals surface area contributed by atoms with Gasteiger partial charge in [-0.25, -0.2) is 0 Å². The van der Waals surface area contributed by atoms with Crippen molar-refractivity contribution in [1.82, 2.24) is 10.2 Å². The van der Waals surface area contributed by atoms with Crippen molar-refractivity contribution in [3.8, 4) is 0 Å². The Morgan fingerprint density at radius 1 is 1.56 bits per heavy atom. The summed E-state index contributed by atoms with van der Waals surface area (Å²) in [5, 5.41) is 3.12. The van der Waals surface area contributed by atoms with E-state index in [1.807, 2.05) is 0 Å². The van der Waals surface area contributed by atoms with Crippen LogP contribution in [0, 0.1) is 5.92 Å². The van der Waals surface area contributed by atoms with E-state index in [-0.39, 0.29) is 5.91 Å². The van der Waals surface area contributed by atoms with E-state index < -0.39 is 0 Å². The van der Waals surface area contributed by atoms with Gasteiger partial charge in [-0.3, -0.25) is 4.79 Å². The van der Waals surface area contributed by atoms with Gasteiger partial charge in [0.15, 0.2) is 0 Å². The lowest BCUT2D eigenvalue weighted by Crippen LogP contribution is -2.55. The molecule has 2 rings (SSSR count). The molecule has 16 heavy (non-hydrogen) atoms. The Labute approximate surface area is 97.6 Å². The molecule has 4 heteroatoms. The lowest BCUT2D eigenvalue weighted by Gasteiger charge is -2.43. The summed E-state index contributed by atoms with van der Waals surface area (Å²) >= 11 is 0. The van der Waals surface area contributed by atoms with Crippen molar-refractivity contribution in [3.05, 3.63) is 0 Å². The monoisotopic (exact) mass is 225 g/mol. The number of likely N-dealkylation sites (tertiary alicyclic amines) is 1. The number of amides is 1. The Morgan fingerprint density at radius 2 is 2.38 bits per heavy atom. The third kappa shape index (κ3) is 2.55. The molecule has 0 aromatic rings. The number of rotatable bonds is 3. The summed E-state index contributed by atoms with van der Waals surface area (Å²) < 4.78 is 0. The van der Waals surface area contributed by atoms with Crippen molar-refractivity contribution < 1.29 is 4.79 Å². The summed E-state index contributed by atoms with van der Waals surface area (Å²) in [5.74, 6) is 0.899. The zero-order chi connectivity index (χ0) is 11.5. The number of hydrogen-bond acceptors (Lipinski definition) is 3. The number of nitrogens with zero attached hydrogens (tertiary/aromatic N) is 1. The average Bonchev–Trinajstić information content (AvgIpc) is 2.28. The quantitative estimate of drug-likeness (QED) is 0.727. The van der Waals surface area contributed by atoms with Crippen molar-refractivity contribution in [2.45, 2.75) is 44.7 Å². The molecule has 0 aliphatic carbocycles. The summed E-state index contributed by atoms with van der Waals surface area (Å²) in [4.78, 5) is 13.8. The van der Waals surface area contributed by atoms with E-state index in [9.17, 15) is 4.79 Å². The molecule has 2 heterocycles. The molecule has 2 saturated heterocycles. The molecule has 1 amide bonds. The molecule has 2 aliphatic rings. The standard InChI is InChI=1S/C12H23N3O/c1-9(4-6-13)15-7-5-11-10(8-15)2-3-12(16)14-11/h9-11H,2-8,13H2,1H3,(H,14,16). The van der Waals surface area contributed by atoms with Gasteiger partial charge in [-0.2, -0.15) is 0 Å². The van der Waals surface area contributed by atoms with Crippen LogP contribution >= 0.6 is 0 Å². The lowest BCUT2D eigenvalue weighted by molar-refractivity contribution is -0.125. The van der Waals surface area contributed by atoms with Crippen LogP contribution in [-0.2, 0) is 4.79 Å². The van der Waals surface area contributed by atoms with Crippen LogP contribution in [0.4, 0.5) is 0 Å². The van der Waals surface area contributed by atoms with Crippen LogP contribution in [0.25, 0.3) is 0 Å². The highest BCUT2D eigenvalue weighted by molar-refractivity contribution is 5.77. The Kier molecular flexibility index (Phi) is 3.82. The van der Waals surface area contributed by atoms with Gasteiger partial charge < -0.3 is 16.0 Å². The number of fused-ring (bicyclic) bond motifs is 1. The van der Waals surface area contributed by atoms with Crippen molar-refractivity contribution in [2.24, 2.45) is 11.7 Å². The predicted octanol–water partition coefficient (Wildman–Crippen LogP) is 0.324. The van der Waals surface area contributed by atoms with Gasteiger partial charge in [-0.15, -0.1) is 0 Å². The summed E-state index contributed by atoms with van der Waals surface area (Å²) in [5.41, 5.74) is 5.60. The molecular weight excluding hydrogens is 202 g/mol. The summed E-state index contributed by atoms with van der Waals surface area (Å²) in [6, 6.07) is 1.02. The van der Waals surface area contributed by atoms with Gasteiger partial charge in [0.05, 0.1) is 0 Å². The first-order valence-corrected chi connectivity index (χ1v) is 6.44. The Hall–Kier alpha value is -0.610. The largest absolute Gasteiger partial charge is 0.353 e. The molecule has 0 saturated carbocycles. The first kappa shape index (κ1) is 11.9. The first-order chi connectivity index (χ1) is 7.70. The number of carbonyl (C=O) groups is 1. The number of hydrogen-bond donors (Lipinski definition) is 2. The zero-order valence-corrected chi connectivity index (χ0v) is 10.1. The van der Waals surface area contributed by atoms with Crippen LogP contribution in [0.1, 0.15) is 32.6 Å². The maximum absolute atomic E-state index is 11.3. The fourth-order valence-corrected chi connectivity index (χ4v) is 2.96. The molecule has 4 nitrogen and oxygen atoms in total. The second-order valence-corrected chi connectivity index (χ2v) is 5.18. The van der Waals surface area contributed by atoms with Crippen LogP contribution in [-0.4, -0.2) is 42.5 Å². The Bertz CT molecular complexity index is 257. The minimum Gasteiger partial charge on any atom is -0.353 e. The van der Waals surface area contributed by atoms with Crippen LogP contribution in [0.15, 0.2) is 0 Å². The maximum atomic E-state index is 11.3. The van der Waals surface area contributed by atoms with E-state index in [0.29, 0.717) is 24.4 Å². The van der Waals surface area contributed by atoms with E-state index in [0.717, 1.165) is 38.9 Å². The molecular formula is C12H23N3O. The van der Waals surface area contributed by atoms with Gasteiger partial charge in [-0.1, -0.05) is 0 Å². The van der Waals surface area contributed by atoms with Gasteiger partial charge in [0.2, 0.25) is 5.91 Å². The van der Waals surface area contributed by atoms with Gasteiger partial charge in [-0.05, 0) is 38.6 Å². The molecule has 3 atom stereocenters. The average molecular weight is 225 g/mol. The molecule has 0 spiro atoms. The lowest BCUT2D eigenvalue weighted by atomic mass is 9.84. The summed E-state index contributed by atoms with van der Waals surface area (Å²) in [6.07, 6.45) is 3.94. The first-order valence-electron chi connectivity index (χ1n) is 6.44. The highest BCUT2D eigenvalue weighted by Crippen LogP contribution is 2.26. The third-order valence-corrected chi connectivity index (χ3v) is 4.06. The van der Waals surface area contributed by atoms with E-state index in [1.165, 1.54) is 0 Å². The van der Waals surface area contributed by atoms with Crippen molar-refractivity contribution in [3.63, 3.8) is 0 Å². The van der Waals surface area contributed by atoms with Crippen molar-refractivity contribution >= 4 is 5.91 Å². The predicted molar refractivity (Wildman–Crippen MR) is 64.0 cm³/mol. The minimum atomic E-state index is 0.240. The second-order valence-electron chi connectivity index (χ2n) is 5.18. The normalized spacial score (nSPS) is 33.0. The molecule has 92 valence electrons. The number of nitrogens with two attached hydrogens (primary N) is 1. The van der Waals surface area contributed by atoms with Gasteiger partial charge >= 0.3 is 0 Å². The van der Waals surface area contributed by atoms with Gasteiger partial charge in [0.1, 0.15) is 0 Å². The molecule has 3 unspecified atom stereocenters. The topological polar surface area (TPSA) is 58.4 Å². The van der Waals surface area contributed by atoms with Gasteiger partial charge in [0, 0.05) is 31.6 Å². The Morgan fingerprint density at radius 3 is 3.12 bits per heavy atom. The smallest absolute Gasteiger partial charge is 0.220 e. The number of carbonyl (C=O) groups excluding carboxylic acids is 1.